The molecule has 2 aliphatic rings. The van der Waals surface area contributed by atoms with Crippen molar-refractivity contribution in [2.24, 2.45) is 0 Å². The summed E-state index contributed by atoms with van der Waals surface area (Å²) in [6.07, 6.45) is 7.22. The summed E-state index contributed by atoms with van der Waals surface area (Å²) < 4.78 is 0. The van der Waals surface area contributed by atoms with Crippen LogP contribution in [0.15, 0.2) is 42.5 Å². The number of carbonyl (C=O) groups excluding carboxylic acids is 1. The van der Waals surface area contributed by atoms with Gasteiger partial charge in [0.05, 0.1) is 0 Å². The van der Waals surface area contributed by atoms with Crippen molar-refractivity contribution in [3.8, 4) is 0 Å². The van der Waals surface area contributed by atoms with Crippen LogP contribution in [0.1, 0.15) is 23.1 Å². The maximum atomic E-state index is 11.2. The standard InChI is InChI=1S/C17H12O/c18-10-14-7-6-13-5-4-11-2-1-3-12-8-9-15(14)17(13)16(11)12/h1-3,5,7-10H,4,6H2. The Morgan fingerprint density at radius 1 is 1.00 bits per heavy atom. The minimum absolute atomic E-state index is 0.834. The largest absolute Gasteiger partial charge is 0.298 e. The van der Waals surface area contributed by atoms with Gasteiger partial charge in [0.2, 0.25) is 0 Å². The zero-order valence-corrected chi connectivity index (χ0v) is 9.94. The highest BCUT2D eigenvalue weighted by molar-refractivity contribution is 6.15. The molecule has 0 radical (unpaired) electrons. The first-order valence-electron chi connectivity index (χ1n) is 6.28. The molecular formula is C17H12O. The number of rotatable bonds is 1. The third-order valence-electron chi connectivity index (χ3n) is 4.00. The van der Waals surface area contributed by atoms with Gasteiger partial charge < -0.3 is 0 Å². The van der Waals surface area contributed by atoms with Gasteiger partial charge in [-0.3, -0.25) is 4.79 Å². The number of hydrogen-bond donors (Lipinski definition) is 0. The van der Waals surface area contributed by atoms with Crippen molar-refractivity contribution in [1.29, 1.82) is 0 Å². The Bertz CT molecular complexity index is 748. The van der Waals surface area contributed by atoms with E-state index in [1.165, 1.54) is 27.5 Å². The van der Waals surface area contributed by atoms with Crippen molar-refractivity contribution in [3.63, 3.8) is 0 Å². The highest BCUT2D eigenvalue weighted by atomic mass is 16.1. The Balaban J connectivity index is 2.21. The molecule has 0 saturated heterocycles. The van der Waals surface area contributed by atoms with Gasteiger partial charge in [-0.2, -0.15) is 0 Å². The van der Waals surface area contributed by atoms with Crippen molar-refractivity contribution in [3.05, 3.63) is 59.2 Å². The van der Waals surface area contributed by atoms with Crippen LogP contribution < -0.4 is 0 Å². The van der Waals surface area contributed by atoms with Gasteiger partial charge >= 0.3 is 0 Å². The minimum Gasteiger partial charge on any atom is -0.298 e. The molecule has 86 valence electrons. The number of benzene rings is 2. The predicted molar refractivity (Wildman–Crippen MR) is 74.3 cm³/mol. The summed E-state index contributed by atoms with van der Waals surface area (Å²) in [5.41, 5.74) is 5.97. The molecule has 2 aliphatic carbocycles. The molecule has 1 nitrogen and oxygen atoms in total. The number of aldehydes is 1. The van der Waals surface area contributed by atoms with E-state index in [4.69, 9.17) is 0 Å². The molecule has 0 aromatic heterocycles. The number of hydrogen-bond acceptors (Lipinski definition) is 1. The molecule has 0 saturated carbocycles. The third kappa shape index (κ3) is 1.14. The molecule has 0 bridgehead atoms. The molecule has 0 unspecified atom stereocenters. The Morgan fingerprint density at radius 2 is 1.94 bits per heavy atom. The average molecular weight is 232 g/mol. The topological polar surface area (TPSA) is 17.1 Å². The molecular weight excluding hydrogens is 220 g/mol. The summed E-state index contributed by atoms with van der Waals surface area (Å²) in [5.74, 6) is 0. The van der Waals surface area contributed by atoms with Crippen molar-refractivity contribution in [2.75, 3.05) is 0 Å². The van der Waals surface area contributed by atoms with E-state index < -0.39 is 0 Å². The highest BCUT2D eigenvalue weighted by Gasteiger charge is 2.22. The molecule has 1 heteroatoms. The normalized spacial score (nSPS) is 16.2. The zero-order chi connectivity index (χ0) is 12.1. The predicted octanol–water partition coefficient (Wildman–Crippen LogP) is 3.77. The number of carbonyl (C=O) groups is 1. The maximum absolute atomic E-state index is 11.2. The molecule has 18 heavy (non-hydrogen) atoms. The summed E-state index contributed by atoms with van der Waals surface area (Å²) in [4.78, 5) is 11.2. The Hall–Kier alpha value is -2.15. The van der Waals surface area contributed by atoms with Crippen LogP contribution in [0.25, 0.3) is 21.9 Å². The van der Waals surface area contributed by atoms with Gasteiger partial charge in [0, 0.05) is 5.57 Å². The van der Waals surface area contributed by atoms with Crippen molar-refractivity contribution in [1.82, 2.24) is 0 Å². The van der Waals surface area contributed by atoms with Crippen LogP contribution in [0, 0.1) is 0 Å². The monoisotopic (exact) mass is 232 g/mol. The summed E-state index contributed by atoms with van der Waals surface area (Å²) in [5, 5.41) is 2.63. The van der Waals surface area contributed by atoms with Gasteiger partial charge in [-0.25, -0.2) is 0 Å². The quantitative estimate of drug-likeness (QED) is 0.684. The summed E-state index contributed by atoms with van der Waals surface area (Å²) in [7, 11) is 0. The highest BCUT2D eigenvalue weighted by Crippen LogP contribution is 2.42. The lowest BCUT2D eigenvalue weighted by molar-refractivity contribution is -0.103. The van der Waals surface area contributed by atoms with Gasteiger partial charge in [-0.15, -0.1) is 0 Å². The molecule has 0 fully saturated rings. The SMILES string of the molecule is O=CC1=CCC2=CCc3cccc4ccc1c2c34. The van der Waals surface area contributed by atoms with Gasteiger partial charge in [0.25, 0.3) is 0 Å². The number of allylic oxidation sites excluding steroid dienone is 4. The van der Waals surface area contributed by atoms with Crippen molar-refractivity contribution in [2.45, 2.75) is 12.8 Å². The van der Waals surface area contributed by atoms with E-state index in [1.807, 2.05) is 6.08 Å². The Morgan fingerprint density at radius 3 is 2.83 bits per heavy atom. The first-order valence-corrected chi connectivity index (χ1v) is 6.28. The van der Waals surface area contributed by atoms with E-state index in [0.717, 1.165) is 30.3 Å². The summed E-state index contributed by atoms with van der Waals surface area (Å²) >= 11 is 0. The first kappa shape index (κ1) is 9.84. The fourth-order valence-electron chi connectivity index (χ4n) is 3.16. The van der Waals surface area contributed by atoms with E-state index >= 15 is 0 Å². The van der Waals surface area contributed by atoms with E-state index in [9.17, 15) is 4.79 Å². The second-order valence-corrected chi connectivity index (χ2v) is 4.92. The van der Waals surface area contributed by atoms with Crippen LogP contribution in [0.5, 0.6) is 0 Å². The lowest BCUT2D eigenvalue weighted by Crippen LogP contribution is -2.06. The fraction of sp³-hybridized carbons (Fsp3) is 0.118. The smallest absolute Gasteiger partial charge is 0.150 e. The lowest BCUT2D eigenvalue weighted by Gasteiger charge is -2.24. The summed E-state index contributed by atoms with van der Waals surface area (Å²) in [6.45, 7) is 0. The van der Waals surface area contributed by atoms with Gasteiger partial charge in [0.1, 0.15) is 6.29 Å². The maximum Gasteiger partial charge on any atom is 0.150 e. The van der Waals surface area contributed by atoms with Gasteiger partial charge in [-0.05, 0) is 45.9 Å². The minimum atomic E-state index is 0.834. The van der Waals surface area contributed by atoms with E-state index in [0.29, 0.717) is 0 Å². The van der Waals surface area contributed by atoms with E-state index in [2.05, 4.69) is 36.4 Å². The van der Waals surface area contributed by atoms with Crippen LogP contribution in [0.3, 0.4) is 0 Å². The van der Waals surface area contributed by atoms with E-state index in [1.54, 1.807) is 0 Å². The molecule has 0 spiro atoms. The van der Waals surface area contributed by atoms with Crippen LogP contribution in [0.2, 0.25) is 0 Å². The van der Waals surface area contributed by atoms with Crippen LogP contribution >= 0.6 is 0 Å². The zero-order valence-electron chi connectivity index (χ0n) is 9.94. The molecule has 0 N–H and O–H groups in total. The van der Waals surface area contributed by atoms with Crippen LogP contribution in [-0.4, -0.2) is 6.29 Å². The molecule has 2 aromatic rings. The second kappa shape index (κ2) is 3.42. The van der Waals surface area contributed by atoms with Crippen LogP contribution in [0.4, 0.5) is 0 Å². The van der Waals surface area contributed by atoms with Crippen LogP contribution in [-0.2, 0) is 11.2 Å². The average Bonchev–Trinajstić information content (AvgIpc) is 2.44. The molecule has 0 aliphatic heterocycles. The van der Waals surface area contributed by atoms with Crippen molar-refractivity contribution < 1.29 is 4.79 Å². The molecule has 2 aromatic carbocycles. The molecule has 0 heterocycles. The molecule has 4 rings (SSSR count). The Labute approximate surface area is 105 Å². The van der Waals surface area contributed by atoms with Gasteiger partial charge in [0.15, 0.2) is 0 Å². The Kier molecular flexibility index (Phi) is 1.87. The summed E-state index contributed by atoms with van der Waals surface area (Å²) in [6, 6.07) is 10.7. The van der Waals surface area contributed by atoms with E-state index in [-0.39, 0.29) is 0 Å². The molecule has 0 amide bonds. The fourth-order valence-corrected chi connectivity index (χ4v) is 3.16. The third-order valence-corrected chi connectivity index (χ3v) is 4.00. The second-order valence-electron chi connectivity index (χ2n) is 4.92. The first-order chi connectivity index (χ1) is 8.88. The lowest BCUT2D eigenvalue weighted by atomic mass is 9.79. The van der Waals surface area contributed by atoms with Crippen molar-refractivity contribution >= 4 is 28.2 Å². The van der Waals surface area contributed by atoms with Gasteiger partial charge in [-0.1, -0.05) is 42.5 Å². The molecule has 0 atom stereocenters.